The number of halogens is 2. The smallest absolute Gasteiger partial charge is 0.123 e. The predicted molar refractivity (Wildman–Crippen MR) is 83.5 cm³/mol. The predicted octanol–water partition coefficient (Wildman–Crippen LogP) is 2.23. The van der Waals surface area contributed by atoms with E-state index in [9.17, 15) is 4.39 Å². The molecule has 6 heteroatoms. The van der Waals surface area contributed by atoms with Crippen LogP contribution >= 0.6 is 12.4 Å². The highest BCUT2D eigenvalue weighted by Gasteiger charge is 2.21. The van der Waals surface area contributed by atoms with Crippen molar-refractivity contribution in [1.82, 2.24) is 20.0 Å². The van der Waals surface area contributed by atoms with Crippen molar-refractivity contribution in [2.75, 3.05) is 20.1 Å². The first kappa shape index (κ1) is 15.9. The molecule has 1 unspecified atom stereocenters. The van der Waals surface area contributed by atoms with E-state index in [4.69, 9.17) is 0 Å². The second-order valence-corrected chi connectivity index (χ2v) is 5.22. The van der Waals surface area contributed by atoms with Crippen LogP contribution in [0.5, 0.6) is 0 Å². The third-order valence-corrected chi connectivity index (χ3v) is 3.86. The van der Waals surface area contributed by atoms with Gasteiger partial charge in [-0.1, -0.05) is 0 Å². The molecule has 2 heterocycles. The molecule has 4 nitrogen and oxygen atoms in total. The second-order valence-electron chi connectivity index (χ2n) is 5.22. The molecule has 1 N–H and O–H groups in total. The Kier molecular flexibility index (Phi) is 5.33. The molecule has 0 bridgehead atoms. The van der Waals surface area contributed by atoms with Gasteiger partial charge in [0.15, 0.2) is 0 Å². The summed E-state index contributed by atoms with van der Waals surface area (Å²) in [7, 11) is 2.01. The molecule has 0 spiro atoms. The molecule has 21 heavy (non-hydrogen) atoms. The van der Waals surface area contributed by atoms with Gasteiger partial charge in [-0.15, -0.1) is 12.4 Å². The third kappa shape index (κ3) is 3.61. The molecule has 1 fully saturated rings. The first-order chi connectivity index (χ1) is 9.76. The second kappa shape index (κ2) is 7.02. The molecule has 0 saturated carbocycles. The lowest BCUT2D eigenvalue weighted by atomic mass is 10.3. The van der Waals surface area contributed by atoms with Crippen molar-refractivity contribution >= 4 is 12.4 Å². The van der Waals surface area contributed by atoms with Crippen LogP contribution in [0.4, 0.5) is 4.39 Å². The molecule has 1 aromatic carbocycles. The molecule has 0 amide bonds. The first-order valence-corrected chi connectivity index (χ1v) is 6.95. The lowest BCUT2D eigenvalue weighted by Crippen LogP contribution is -2.29. The van der Waals surface area contributed by atoms with Crippen LogP contribution in [0, 0.1) is 5.82 Å². The van der Waals surface area contributed by atoms with E-state index in [1.807, 2.05) is 17.8 Å². The Morgan fingerprint density at radius 2 is 2.05 bits per heavy atom. The summed E-state index contributed by atoms with van der Waals surface area (Å²) in [5, 5.41) is 7.67. The third-order valence-electron chi connectivity index (χ3n) is 3.86. The minimum atomic E-state index is -0.223. The van der Waals surface area contributed by atoms with Gasteiger partial charge < -0.3 is 5.32 Å². The highest BCUT2D eigenvalue weighted by Crippen LogP contribution is 2.16. The van der Waals surface area contributed by atoms with Crippen molar-refractivity contribution in [2.45, 2.75) is 19.0 Å². The van der Waals surface area contributed by atoms with Gasteiger partial charge in [-0.05, 0) is 43.8 Å². The van der Waals surface area contributed by atoms with E-state index in [1.54, 1.807) is 18.3 Å². The quantitative estimate of drug-likeness (QED) is 0.940. The fraction of sp³-hybridized carbons (Fsp3) is 0.400. The summed E-state index contributed by atoms with van der Waals surface area (Å²) in [6.07, 6.45) is 2.98. The number of likely N-dealkylation sites (N-methyl/N-ethyl adjacent to an activating group) is 1. The first-order valence-electron chi connectivity index (χ1n) is 6.95. The standard InChI is InChI=1S/C15H19FN4.ClH/c1-17-13-7-9-19(10-13)11-15-6-8-18-20(15)14-4-2-12(16)3-5-14;/h2-6,8,13,17H,7,9-11H2,1H3;1H. The van der Waals surface area contributed by atoms with Crippen molar-refractivity contribution < 1.29 is 4.39 Å². The molecule has 0 radical (unpaired) electrons. The van der Waals surface area contributed by atoms with Crippen molar-refractivity contribution in [3.05, 3.63) is 48.0 Å². The lowest BCUT2D eigenvalue weighted by molar-refractivity contribution is 0.315. The van der Waals surface area contributed by atoms with Crippen LogP contribution in [0.1, 0.15) is 12.1 Å². The molecule has 2 aromatic rings. The number of hydrogen-bond acceptors (Lipinski definition) is 3. The van der Waals surface area contributed by atoms with Gasteiger partial charge in [0.05, 0.1) is 11.4 Å². The topological polar surface area (TPSA) is 33.1 Å². The highest BCUT2D eigenvalue weighted by atomic mass is 35.5. The van der Waals surface area contributed by atoms with Gasteiger partial charge >= 0.3 is 0 Å². The van der Waals surface area contributed by atoms with Crippen molar-refractivity contribution in [3.8, 4) is 5.69 Å². The number of nitrogens with one attached hydrogen (secondary N) is 1. The summed E-state index contributed by atoms with van der Waals surface area (Å²) < 4.78 is 14.9. The van der Waals surface area contributed by atoms with Crippen molar-refractivity contribution in [3.63, 3.8) is 0 Å². The number of nitrogens with zero attached hydrogens (tertiary/aromatic N) is 3. The van der Waals surface area contributed by atoms with Crippen molar-refractivity contribution in [1.29, 1.82) is 0 Å². The monoisotopic (exact) mass is 310 g/mol. The van der Waals surface area contributed by atoms with Crippen LogP contribution < -0.4 is 5.32 Å². The maximum atomic E-state index is 13.0. The van der Waals surface area contributed by atoms with Gasteiger partial charge in [-0.3, -0.25) is 4.90 Å². The maximum absolute atomic E-state index is 13.0. The van der Waals surface area contributed by atoms with E-state index in [-0.39, 0.29) is 18.2 Å². The number of rotatable bonds is 4. The van der Waals surface area contributed by atoms with Gasteiger partial charge in [0, 0.05) is 31.9 Å². The summed E-state index contributed by atoms with van der Waals surface area (Å²) in [5.74, 6) is -0.223. The number of aromatic nitrogens is 2. The Balaban J connectivity index is 0.00000161. The van der Waals surface area contributed by atoms with Crippen LogP contribution in [0.2, 0.25) is 0 Å². The van der Waals surface area contributed by atoms with Crippen LogP contribution in [0.3, 0.4) is 0 Å². The molecule has 1 atom stereocenters. The fourth-order valence-electron chi connectivity index (χ4n) is 2.71. The SMILES string of the molecule is CNC1CCN(Cc2ccnn2-c2ccc(F)cc2)C1.Cl. The van der Waals surface area contributed by atoms with Crippen LogP contribution in [0.15, 0.2) is 36.5 Å². The van der Waals surface area contributed by atoms with Gasteiger partial charge in [-0.25, -0.2) is 9.07 Å². The van der Waals surface area contributed by atoms with Gasteiger partial charge in [0.2, 0.25) is 0 Å². The van der Waals surface area contributed by atoms with E-state index in [0.717, 1.165) is 31.0 Å². The van der Waals surface area contributed by atoms with E-state index in [1.165, 1.54) is 18.6 Å². The summed E-state index contributed by atoms with van der Waals surface area (Å²) in [6, 6.07) is 9.05. The maximum Gasteiger partial charge on any atom is 0.123 e. The average molecular weight is 311 g/mol. The van der Waals surface area contributed by atoms with Gasteiger partial charge in [0.1, 0.15) is 5.82 Å². The summed E-state index contributed by atoms with van der Waals surface area (Å²) >= 11 is 0. The summed E-state index contributed by atoms with van der Waals surface area (Å²) in [4.78, 5) is 2.41. The highest BCUT2D eigenvalue weighted by molar-refractivity contribution is 5.85. The van der Waals surface area contributed by atoms with Crippen molar-refractivity contribution in [2.24, 2.45) is 0 Å². The molecule has 3 rings (SSSR count). The van der Waals surface area contributed by atoms with E-state index in [2.05, 4.69) is 15.3 Å². The summed E-state index contributed by atoms with van der Waals surface area (Å²) in [5.41, 5.74) is 2.03. The zero-order valence-electron chi connectivity index (χ0n) is 12.0. The van der Waals surface area contributed by atoms with Gasteiger partial charge in [-0.2, -0.15) is 5.10 Å². The Morgan fingerprint density at radius 1 is 1.29 bits per heavy atom. The van der Waals surface area contributed by atoms with Crippen LogP contribution in [-0.2, 0) is 6.54 Å². The minimum Gasteiger partial charge on any atom is -0.316 e. The van der Waals surface area contributed by atoms with Crippen LogP contribution in [0.25, 0.3) is 5.69 Å². The van der Waals surface area contributed by atoms with E-state index >= 15 is 0 Å². The fourth-order valence-corrected chi connectivity index (χ4v) is 2.71. The normalized spacial score (nSPS) is 18.7. The van der Waals surface area contributed by atoms with E-state index in [0.29, 0.717) is 6.04 Å². The lowest BCUT2D eigenvalue weighted by Gasteiger charge is -2.16. The molecule has 1 aromatic heterocycles. The Morgan fingerprint density at radius 3 is 2.71 bits per heavy atom. The Hall–Kier alpha value is -1.43. The average Bonchev–Trinajstić information content (AvgIpc) is 3.09. The molecular weight excluding hydrogens is 291 g/mol. The largest absolute Gasteiger partial charge is 0.316 e. The van der Waals surface area contributed by atoms with Gasteiger partial charge in [0.25, 0.3) is 0 Å². The Bertz CT molecular complexity index is 569. The van der Waals surface area contributed by atoms with Crippen LogP contribution in [-0.4, -0.2) is 40.9 Å². The number of benzene rings is 1. The number of likely N-dealkylation sites (tertiary alicyclic amines) is 1. The van der Waals surface area contributed by atoms with E-state index < -0.39 is 0 Å². The summed E-state index contributed by atoms with van der Waals surface area (Å²) in [6.45, 7) is 3.03. The molecular formula is C15H20ClFN4. The molecule has 1 aliphatic rings. The molecule has 1 saturated heterocycles. The zero-order valence-corrected chi connectivity index (χ0v) is 12.8. The minimum absolute atomic E-state index is 0. The zero-order chi connectivity index (χ0) is 13.9. The molecule has 0 aliphatic carbocycles. The molecule has 114 valence electrons. The molecule has 1 aliphatic heterocycles. The Labute approximate surface area is 130 Å². The number of hydrogen-bond donors (Lipinski definition) is 1.